The fourth-order valence-corrected chi connectivity index (χ4v) is 2.55. The minimum absolute atomic E-state index is 0.172. The normalized spacial score (nSPS) is 17.9. The molecule has 0 bridgehead atoms. The van der Waals surface area contributed by atoms with Gasteiger partial charge >= 0.3 is 0 Å². The van der Waals surface area contributed by atoms with Crippen molar-refractivity contribution < 1.29 is 15.0 Å². The smallest absolute Gasteiger partial charge is 0.251 e. The molecule has 0 saturated carbocycles. The number of aliphatic hydroxyl groups is 2. The Bertz CT molecular complexity index is 514. The summed E-state index contributed by atoms with van der Waals surface area (Å²) in [5, 5.41) is 22.3. The van der Waals surface area contributed by atoms with Crippen molar-refractivity contribution in [2.75, 3.05) is 24.5 Å². The number of amides is 1. The van der Waals surface area contributed by atoms with Crippen molar-refractivity contribution in [3.63, 3.8) is 0 Å². The van der Waals surface area contributed by atoms with Gasteiger partial charge in [-0.1, -0.05) is 20.8 Å². The summed E-state index contributed by atoms with van der Waals surface area (Å²) in [6, 6.07) is 7.48. The summed E-state index contributed by atoms with van der Waals surface area (Å²) < 4.78 is 0. The highest BCUT2D eigenvalue weighted by Gasteiger charge is 2.22. The first-order valence-electron chi connectivity index (χ1n) is 8.26. The lowest BCUT2D eigenvalue weighted by atomic mass is 9.89. The van der Waals surface area contributed by atoms with Crippen LogP contribution < -0.4 is 10.2 Å². The van der Waals surface area contributed by atoms with Crippen LogP contribution >= 0.6 is 0 Å². The summed E-state index contributed by atoms with van der Waals surface area (Å²) in [6.45, 7) is 7.74. The molecule has 1 heterocycles. The topological polar surface area (TPSA) is 72.8 Å². The Balaban J connectivity index is 1.90. The molecule has 1 fully saturated rings. The molecule has 0 radical (unpaired) electrons. The zero-order chi connectivity index (χ0) is 17.0. The molecule has 5 nitrogen and oxygen atoms in total. The third kappa shape index (κ3) is 4.94. The number of benzene rings is 1. The monoisotopic (exact) mass is 320 g/mol. The summed E-state index contributed by atoms with van der Waals surface area (Å²) in [5.41, 5.74) is 1.41. The van der Waals surface area contributed by atoms with Gasteiger partial charge in [-0.05, 0) is 42.5 Å². The van der Waals surface area contributed by atoms with E-state index in [2.05, 4.69) is 10.2 Å². The van der Waals surface area contributed by atoms with Crippen LogP contribution in [0.3, 0.4) is 0 Å². The molecule has 1 aromatic carbocycles. The first-order chi connectivity index (χ1) is 10.8. The zero-order valence-corrected chi connectivity index (χ0v) is 14.2. The number of nitrogens with zero attached hydrogens (tertiary/aromatic N) is 1. The highest BCUT2D eigenvalue weighted by Crippen LogP contribution is 2.21. The molecule has 0 aromatic heterocycles. The Hall–Kier alpha value is -1.59. The molecule has 2 rings (SSSR count). The van der Waals surface area contributed by atoms with Crippen molar-refractivity contribution in [1.82, 2.24) is 5.32 Å². The highest BCUT2D eigenvalue weighted by molar-refractivity contribution is 5.94. The number of hydrogen-bond acceptors (Lipinski definition) is 4. The van der Waals surface area contributed by atoms with Gasteiger partial charge in [0.1, 0.15) is 0 Å². The zero-order valence-electron chi connectivity index (χ0n) is 14.2. The first-order valence-corrected chi connectivity index (χ1v) is 8.26. The number of carbonyl (C=O) groups excluding carboxylic acids is 1. The maximum Gasteiger partial charge on any atom is 0.251 e. The molecular formula is C18H28N2O3. The van der Waals surface area contributed by atoms with Crippen molar-refractivity contribution in [3.05, 3.63) is 29.8 Å². The molecule has 128 valence electrons. The van der Waals surface area contributed by atoms with Gasteiger partial charge in [0.05, 0.1) is 12.2 Å². The summed E-state index contributed by atoms with van der Waals surface area (Å²) in [7, 11) is 0. The Labute approximate surface area is 138 Å². The van der Waals surface area contributed by atoms with Crippen molar-refractivity contribution >= 4 is 11.6 Å². The van der Waals surface area contributed by atoms with Crippen molar-refractivity contribution in [2.24, 2.45) is 5.41 Å². The Morgan fingerprint density at radius 2 is 1.83 bits per heavy atom. The van der Waals surface area contributed by atoms with E-state index < -0.39 is 6.10 Å². The fraction of sp³-hybridized carbons (Fsp3) is 0.611. The Morgan fingerprint density at radius 1 is 1.26 bits per heavy atom. The second-order valence-corrected chi connectivity index (χ2v) is 7.36. The number of anilines is 1. The number of rotatable bonds is 4. The predicted octanol–water partition coefficient (Wildman–Crippen LogP) is 1.78. The second-order valence-electron chi connectivity index (χ2n) is 7.36. The van der Waals surface area contributed by atoms with Crippen LogP contribution in [0.4, 0.5) is 5.69 Å². The third-order valence-corrected chi connectivity index (χ3v) is 4.41. The van der Waals surface area contributed by atoms with E-state index in [-0.39, 0.29) is 24.0 Å². The van der Waals surface area contributed by atoms with E-state index in [0.717, 1.165) is 31.6 Å². The van der Waals surface area contributed by atoms with Crippen LogP contribution in [0.1, 0.15) is 44.0 Å². The van der Waals surface area contributed by atoms with Crippen molar-refractivity contribution in [1.29, 1.82) is 0 Å². The molecule has 5 heteroatoms. The van der Waals surface area contributed by atoms with Crippen molar-refractivity contribution in [2.45, 2.75) is 45.8 Å². The first kappa shape index (κ1) is 17.8. The van der Waals surface area contributed by atoms with E-state index in [1.165, 1.54) is 0 Å². The van der Waals surface area contributed by atoms with Gasteiger partial charge < -0.3 is 20.4 Å². The van der Waals surface area contributed by atoms with E-state index >= 15 is 0 Å². The SMILES string of the molecule is CC(C)(C)C(O)CNC(=O)c1ccc(N2CCC(O)CC2)cc1. The average Bonchev–Trinajstić information content (AvgIpc) is 2.52. The molecule has 1 saturated heterocycles. The van der Waals surface area contributed by atoms with Gasteiger partial charge in [0.2, 0.25) is 0 Å². The largest absolute Gasteiger partial charge is 0.393 e. The lowest BCUT2D eigenvalue weighted by Crippen LogP contribution is -2.39. The maximum absolute atomic E-state index is 12.1. The van der Waals surface area contributed by atoms with Gasteiger partial charge in [0.15, 0.2) is 0 Å². The lowest BCUT2D eigenvalue weighted by Gasteiger charge is -2.31. The number of carbonyl (C=O) groups is 1. The summed E-state index contributed by atoms with van der Waals surface area (Å²) in [4.78, 5) is 14.4. The van der Waals surface area contributed by atoms with Crippen LogP contribution in [0, 0.1) is 5.41 Å². The molecule has 1 aliphatic heterocycles. The number of nitrogens with one attached hydrogen (secondary N) is 1. The van der Waals surface area contributed by atoms with Gasteiger partial charge in [-0.2, -0.15) is 0 Å². The average molecular weight is 320 g/mol. The lowest BCUT2D eigenvalue weighted by molar-refractivity contribution is 0.0587. The quantitative estimate of drug-likeness (QED) is 0.791. The van der Waals surface area contributed by atoms with E-state index in [4.69, 9.17) is 0 Å². The molecular weight excluding hydrogens is 292 g/mol. The highest BCUT2D eigenvalue weighted by atomic mass is 16.3. The van der Waals surface area contributed by atoms with Crippen LogP contribution in [0.2, 0.25) is 0 Å². The van der Waals surface area contributed by atoms with E-state index in [9.17, 15) is 15.0 Å². The predicted molar refractivity (Wildman–Crippen MR) is 91.7 cm³/mol. The second kappa shape index (κ2) is 7.32. The van der Waals surface area contributed by atoms with E-state index in [0.29, 0.717) is 5.56 Å². The molecule has 1 aliphatic rings. The van der Waals surface area contributed by atoms with Gasteiger partial charge in [-0.15, -0.1) is 0 Å². The number of aliphatic hydroxyl groups excluding tert-OH is 2. The minimum Gasteiger partial charge on any atom is -0.393 e. The molecule has 1 amide bonds. The minimum atomic E-state index is -0.578. The van der Waals surface area contributed by atoms with E-state index in [1.807, 2.05) is 32.9 Å². The van der Waals surface area contributed by atoms with Crippen molar-refractivity contribution in [3.8, 4) is 0 Å². The summed E-state index contributed by atoms with van der Waals surface area (Å²) >= 11 is 0. The van der Waals surface area contributed by atoms with Crippen LogP contribution in [0.5, 0.6) is 0 Å². The van der Waals surface area contributed by atoms with Gasteiger partial charge in [0.25, 0.3) is 5.91 Å². The van der Waals surface area contributed by atoms with Crippen LogP contribution in [0.15, 0.2) is 24.3 Å². The molecule has 23 heavy (non-hydrogen) atoms. The van der Waals surface area contributed by atoms with Crippen LogP contribution in [0.25, 0.3) is 0 Å². The fourth-order valence-electron chi connectivity index (χ4n) is 2.55. The molecule has 0 aliphatic carbocycles. The Kier molecular flexibility index (Phi) is 5.65. The molecule has 1 unspecified atom stereocenters. The standard InChI is InChI=1S/C18H28N2O3/c1-18(2,3)16(22)12-19-17(23)13-4-6-14(7-5-13)20-10-8-15(21)9-11-20/h4-7,15-16,21-22H,8-12H2,1-3H3,(H,19,23). The van der Waals surface area contributed by atoms with Gasteiger partial charge in [-0.25, -0.2) is 0 Å². The van der Waals surface area contributed by atoms with Gasteiger partial charge in [0, 0.05) is 30.9 Å². The Morgan fingerprint density at radius 3 is 2.35 bits per heavy atom. The molecule has 3 N–H and O–H groups in total. The maximum atomic E-state index is 12.1. The number of piperidine rings is 1. The molecule has 1 aromatic rings. The summed E-state index contributed by atoms with van der Waals surface area (Å²) in [5.74, 6) is -0.172. The van der Waals surface area contributed by atoms with Crippen LogP contribution in [-0.2, 0) is 0 Å². The molecule has 0 spiro atoms. The summed E-state index contributed by atoms with van der Waals surface area (Å²) in [6.07, 6.45) is 0.802. The molecule has 1 atom stereocenters. The number of hydrogen-bond donors (Lipinski definition) is 3. The third-order valence-electron chi connectivity index (χ3n) is 4.41. The van der Waals surface area contributed by atoms with E-state index in [1.54, 1.807) is 12.1 Å². The van der Waals surface area contributed by atoms with Gasteiger partial charge in [-0.3, -0.25) is 4.79 Å². The van der Waals surface area contributed by atoms with Crippen LogP contribution in [-0.4, -0.2) is 48.0 Å².